The molecular formula is C23H40N2O12S. The number of hydrogen-bond donors (Lipinski definition) is 1. The summed E-state index contributed by atoms with van der Waals surface area (Å²) in [4.78, 5) is 49.4. The molecule has 2 rings (SSSR count). The lowest BCUT2D eigenvalue weighted by molar-refractivity contribution is -0.146. The minimum absolute atomic E-state index is 0.0407. The molecular weight excluding hydrogens is 528 g/mol. The molecule has 0 unspecified atom stereocenters. The fourth-order valence-corrected chi connectivity index (χ4v) is 4.33. The van der Waals surface area contributed by atoms with Gasteiger partial charge in [0.2, 0.25) is 0 Å². The van der Waals surface area contributed by atoms with Crippen molar-refractivity contribution in [1.82, 2.24) is 9.80 Å². The molecule has 38 heavy (non-hydrogen) atoms. The lowest BCUT2D eigenvalue weighted by Crippen LogP contribution is -2.44. The van der Waals surface area contributed by atoms with E-state index in [-0.39, 0.29) is 25.9 Å². The van der Waals surface area contributed by atoms with Gasteiger partial charge in [0.05, 0.1) is 45.8 Å². The molecule has 220 valence electrons. The van der Waals surface area contributed by atoms with E-state index in [0.29, 0.717) is 0 Å². The van der Waals surface area contributed by atoms with Gasteiger partial charge in [-0.15, -0.1) is 0 Å². The Labute approximate surface area is 223 Å². The fourth-order valence-electron chi connectivity index (χ4n) is 3.69. The number of carbonyl (C=O) groups excluding carboxylic acids is 4. The zero-order chi connectivity index (χ0) is 29.6. The quantitative estimate of drug-likeness (QED) is 0.290. The van der Waals surface area contributed by atoms with Gasteiger partial charge in [-0.25, -0.2) is 19.2 Å². The second-order valence-corrected chi connectivity index (χ2v) is 12.5. The van der Waals surface area contributed by atoms with Crippen molar-refractivity contribution in [3.05, 3.63) is 0 Å². The van der Waals surface area contributed by atoms with Crippen LogP contribution in [-0.2, 0) is 42.8 Å². The van der Waals surface area contributed by atoms with E-state index in [1.165, 1.54) is 19.1 Å². The third-order valence-electron chi connectivity index (χ3n) is 5.06. The van der Waals surface area contributed by atoms with E-state index >= 15 is 0 Å². The zero-order valence-electron chi connectivity index (χ0n) is 23.4. The number of β-amino-alcohol motifs (C(OH)–C–C–N with tert-alkyl or cyclic N) is 1. The molecule has 2 aliphatic heterocycles. The Bertz CT molecular complexity index is 970. The summed E-state index contributed by atoms with van der Waals surface area (Å²) in [6, 6.07) is -1.68. The van der Waals surface area contributed by atoms with Crippen LogP contribution in [0.25, 0.3) is 0 Å². The Hall–Kier alpha value is -2.65. The summed E-state index contributed by atoms with van der Waals surface area (Å²) >= 11 is 0. The average molecular weight is 569 g/mol. The van der Waals surface area contributed by atoms with Crippen LogP contribution in [0.4, 0.5) is 9.59 Å². The predicted molar refractivity (Wildman–Crippen MR) is 132 cm³/mol. The van der Waals surface area contributed by atoms with E-state index in [2.05, 4.69) is 9.47 Å². The van der Waals surface area contributed by atoms with Gasteiger partial charge in [0.25, 0.3) is 10.1 Å². The van der Waals surface area contributed by atoms with E-state index in [9.17, 15) is 32.7 Å². The molecule has 15 heteroatoms. The first-order chi connectivity index (χ1) is 17.2. The highest BCUT2D eigenvalue weighted by atomic mass is 32.2. The molecule has 2 aliphatic rings. The van der Waals surface area contributed by atoms with E-state index in [1.54, 1.807) is 41.5 Å². The number of amides is 2. The maximum atomic E-state index is 12.1. The van der Waals surface area contributed by atoms with Crippen LogP contribution < -0.4 is 0 Å². The van der Waals surface area contributed by atoms with E-state index in [1.807, 2.05) is 0 Å². The summed E-state index contributed by atoms with van der Waals surface area (Å²) in [5.41, 5.74) is -1.36. The van der Waals surface area contributed by atoms with Crippen LogP contribution in [-0.4, -0.2) is 117 Å². The minimum Gasteiger partial charge on any atom is -0.467 e. The van der Waals surface area contributed by atoms with Crippen LogP contribution in [0.3, 0.4) is 0 Å². The molecule has 0 aromatic rings. The first kappa shape index (κ1) is 33.4. The molecule has 0 saturated carbocycles. The van der Waals surface area contributed by atoms with E-state index in [4.69, 9.17) is 13.7 Å². The summed E-state index contributed by atoms with van der Waals surface area (Å²) in [7, 11) is -1.23. The monoisotopic (exact) mass is 568 g/mol. The SMILES string of the molecule is COC(=O)[C@@H]1C[C@@H](O)CN1C(=O)OC(C)(C)C.COC(=O)[C@@H]1C[C@H](OS(C)(=O)=O)CN1C(=O)OC(C)(C)C. The molecule has 1 N–H and O–H groups in total. The number of ether oxygens (including phenoxy) is 4. The maximum absolute atomic E-state index is 12.1. The number of esters is 2. The molecule has 0 aromatic carbocycles. The van der Waals surface area contributed by atoms with Crippen molar-refractivity contribution in [1.29, 1.82) is 0 Å². The second-order valence-electron chi connectivity index (χ2n) is 10.9. The fraction of sp³-hybridized carbons (Fsp3) is 0.826. The Kier molecular flexibility index (Phi) is 11.4. The Balaban J connectivity index is 0.000000389. The number of aliphatic hydroxyl groups excluding tert-OH is 1. The third-order valence-corrected chi connectivity index (χ3v) is 5.68. The smallest absolute Gasteiger partial charge is 0.411 e. The molecule has 2 heterocycles. The van der Waals surface area contributed by atoms with Crippen LogP contribution in [0.2, 0.25) is 0 Å². The van der Waals surface area contributed by atoms with Crippen LogP contribution >= 0.6 is 0 Å². The van der Waals surface area contributed by atoms with Gasteiger partial charge in [-0.05, 0) is 41.5 Å². The number of likely N-dealkylation sites (tertiary alicyclic amines) is 2. The summed E-state index contributed by atoms with van der Waals surface area (Å²) in [6.45, 7) is 10.3. The normalized spacial score (nSPS) is 23.7. The van der Waals surface area contributed by atoms with E-state index < -0.39 is 69.7 Å². The van der Waals surface area contributed by atoms with Gasteiger partial charge in [0.15, 0.2) is 0 Å². The Morgan fingerprint density at radius 1 is 0.763 bits per heavy atom. The van der Waals surface area contributed by atoms with Gasteiger partial charge < -0.3 is 24.1 Å². The predicted octanol–water partition coefficient (Wildman–Crippen LogP) is 1.04. The highest BCUT2D eigenvalue weighted by Gasteiger charge is 2.44. The van der Waals surface area contributed by atoms with Crippen LogP contribution in [0.5, 0.6) is 0 Å². The van der Waals surface area contributed by atoms with Gasteiger partial charge in [-0.1, -0.05) is 0 Å². The Morgan fingerprint density at radius 3 is 1.53 bits per heavy atom. The van der Waals surface area contributed by atoms with Gasteiger partial charge in [-0.2, -0.15) is 8.42 Å². The number of hydrogen-bond acceptors (Lipinski definition) is 12. The molecule has 0 radical (unpaired) electrons. The largest absolute Gasteiger partial charge is 0.467 e. The van der Waals surface area contributed by atoms with Gasteiger partial charge in [0.1, 0.15) is 23.3 Å². The molecule has 14 nitrogen and oxygen atoms in total. The van der Waals surface area contributed by atoms with Gasteiger partial charge in [-0.3, -0.25) is 14.0 Å². The molecule has 0 aromatic heterocycles. The van der Waals surface area contributed by atoms with Crippen molar-refractivity contribution in [3.8, 4) is 0 Å². The molecule has 0 aliphatic carbocycles. The average Bonchev–Trinajstić information content (AvgIpc) is 3.33. The van der Waals surface area contributed by atoms with Crippen molar-refractivity contribution in [2.75, 3.05) is 33.6 Å². The second kappa shape index (κ2) is 12.9. The molecule has 0 bridgehead atoms. The summed E-state index contributed by atoms with van der Waals surface area (Å²) in [5.74, 6) is -1.17. The lowest BCUT2D eigenvalue weighted by Gasteiger charge is -2.27. The highest BCUT2D eigenvalue weighted by Crippen LogP contribution is 2.25. The summed E-state index contributed by atoms with van der Waals surface area (Å²) < 4.78 is 46.8. The molecule has 2 fully saturated rings. The van der Waals surface area contributed by atoms with Crippen molar-refractivity contribution in [2.45, 2.75) is 89.9 Å². The van der Waals surface area contributed by atoms with Crippen molar-refractivity contribution in [2.24, 2.45) is 0 Å². The van der Waals surface area contributed by atoms with Crippen LogP contribution in [0, 0.1) is 0 Å². The molecule has 4 atom stereocenters. The lowest BCUT2D eigenvalue weighted by atomic mass is 10.2. The van der Waals surface area contributed by atoms with Gasteiger partial charge in [0, 0.05) is 12.8 Å². The number of aliphatic hydroxyl groups is 1. The number of nitrogens with zero attached hydrogens (tertiary/aromatic N) is 2. The number of methoxy groups -OCH3 is 2. The molecule has 0 spiro atoms. The van der Waals surface area contributed by atoms with Crippen molar-refractivity contribution in [3.63, 3.8) is 0 Å². The van der Waals surface area contributed by atoms with E-state index in [0.717, 1.165) is 11.2 Å². The molecule has 2 saturated heterocycles. The summed E-state index contributed by atoms with van der Waals surface area (Å²) in [6.07, 6.45) is -1.69. The maximum Gasteiger partial charge on any atom is 0.411 e. The topological polar surface area (TPSA) is 175 Å². The number of carbonyl (C=O) groups is 4. The zero-order valence-corrected chi connectivity index (χ0v) is 24.2. The number of rotatable bonds is 4. The summed E-state index contributed by atoms with van der Waals surface area (Å²) in [5, 5.41) is 9.50. The standard InChI is InChI=1S/C12H21NO7S.C11H19NO5/c1-12(2,3)19-11(15)13-7-8(20-21(5,16)17)6-9(13)10(14)18-4;1-11(2,3)17-10(15)12-6-7(13)5-8(12)9(14)16-4/h8-9H,6-7H2,1-5H3;7-8,13H,5-6H2,1-4H3/t8-,9-;7-,8+/m01/s1. The van der Waals surface area contributed by atoms with Gasteiger partial charge >= 0.3 is 24.1 Å². The minimum atomic E-state index is -3.68. The van der Waals surface area contributed by atoms with Crippen LogP contribution in [0.1, 0.15) is 54.4 Å². The highest BCUT2D eigenvalue weighted by molar-refractivity contribution is 7.86. The van der Waals surface area contributed by atoms with Crippen molar-refractivity contribution >= 4 is 34.2 Å². The first-order valence-electron chi connectivity index (χ1n) is 11.9. The van der Waals surface area contributed by atoms with Crippen LogP contribution in [0.15, 0.2) is 0 Å². The Morgan fingerprint density at radius 2 is 1.16 bits per heavy atom. The third kappa shape index (κ3) is 11.0. The first-order valence-corrected chi connectivity index (χ1v) is 13.7. The van der Waals surface area contributed by atoms with Crippen molar-refractivity contribution < 1.29 is 55.8 Å². The molecule has 2 amide bonds.